The van der Waals surface area contributed by atoms with E-state index >= 15 is 0 Å². The Hall–Kier alpha value is -3.41. The number of anilines is 1. The molecule has 1 aromatic carbocycles. The maximum atomic E-state index is 13.7. The molecule has 1 aromatic rings. The fraction of sp³-hybridized carbons (Fsp3) is 0.409. The van der Waals surface area contributed by atoms with Gasteiger partial charge in [0.2, 0.25) is 5.78 Å². The molecule has 176 valence electrons. The molecule has 0 saturated heterocycles. The fourth-order valence-electron chi connectivity index (χ4n) is 5.73. The summed E-state index contributed by atoms with van der Waals surface area (Å²) in [6, 6.07) is 1.24. The van der Waals surface area contributed by atoms with E-state index in [0.29, 0.717) is 5.56 Å². The van der Waals surface area contributed by atoms with Crippen LogP contribution in [0.5, 0.6) is 5.75 Å². The van der Waals surface area contributed by atoms with Gasteiger partial charge in [-0.15, -0.1) is 0 Å². The van der Waals surface area contributed by atoms with Crippen molar-refractivity contribution in [3.8, 4) is 5.75 Å². The number of benzene rings is 1. The molecule has 6 atom stereocenters. The molecule has 6 unspecified atom stereocenters. The summed E-state index contributed by atoms with van der Waals surface area (Å²) in [7, 11) is 2.89. The van der Waals surface area contributed by atoms with Crippen LogP contribution in [-0.4, -0.2) is 79.7 Å². The number of fused-ring (bicyclic) bond motifs is 3. The number of amides is 1. The standard InChI is InChI=1S/C22H25N3O8/c1-6-9-7(23)4-5-8(26)11(9)16(27)12-10(6)17(28)14-15(25(2)3)18(29)13(21(24)32)20(31)22(14,33)19(12)30/h4-6,10,14-15,17,26-28,31,33H,23H2,1-3H3,(H2,24,32). The molecule has 0 aromatic heterocycles. The van der Waals surface area contributed by atoms with Gasteiger partial charge in [-0.05, 0) is 37.7 Å². The summed E-state index contributed by atoms with van der Waals surface area (Å²) >= 11 is 0. The van der Waals surface area contributed by atoms with Crippen LogP contribution in [0.25, 0.3) is 5.76 Å². The molecule has 1 saturated carbocycles. The van der Waals surface area contributed by atoms with Gasteiger partial charge in [0.15, 0.2) is 11.4 Å². The normalized spacial score (nSPS) is 33.7. The maximum Gasteiger partial charge on any atom is 0.255 e. The number of phenols is 1. The highest BCUT2D eigenvalue weighted by atomic mass is 16.4. The molecule has 3 aliphatic carbocycles. The Labute approximate surface area is 188 Å². The molecule has 3 aliphatic rings. The van der Waals surface area contributed by atoms with Crippen molar-refractivity contribution in [1.82, 2.24) is 4.90 Å². The summed E-state index contributed by atoms with van der Waals surface area (Å²) < 4.78 is 0. The molecule has 11 heteroatoms. The Kier molecular flexibility index (Phi) is 4.86. The molecule has 0 aliphatic heterocycles. The van der Waals surface area contributed by atoms with Crippen LogP contribution >= 0.6 is 0 Å². The van der Waals surface area contributed by atoms with Gasteiger partial charge in [0.05, 0.1) is 23.6 Å². The molecular weight excluding hydrogens is 434 g/mol. The van der Waals surface area contributed by atoms with Gasteiger partial charge >= 0.3 is 0 Å². The van der Waals surface area contributed by atoms with Gasteiger partial charge in [-0.25, -0.2) is 0 Å². The van der Waals surface area contributed by atoms with Crippen LogP contribution in [-0.2, 0) is 14.4 Å². The zero-order valence-electron chi connectivity index (χ0n) is 18.1. The number of ketones is 2. The average Bonchev–Trinajstić information content (AvgIpc) is 2.72. The summed E-state index contributed by atoms with van der Waals surface area (Å²) in [5.41, 5.74) is 7.35. The highest BCUT2D eigenvalue weighted by Crippen LogP contribution is 2.56. The Balaban J connectivity index is 2.08. The number of aromatic hydroxyl groups is 1. The van der Waals surface area contributed by atoms with Gasteiger partial charge in [0, 0.05) is 17.2 Å². The van der Waals surface area contributed by atoms with Crippen molar-refractivity contribution in [1.29, 1.82) is 0 Å². The molecule has 11 nitrogen and oxygen atoms in total. The molecule has 0 radical (unpaired) electrons. The number of primary amides is 1. The Morgan fingerprint density at radius 2 is 1.76 bits per heavy atom. The second-order valence-corrected chi connectivity index (χ2v) is 9.01. The number of rotatable bonds is 2. The third-order valence-electron chi connectivity index (χ3n) is 7.14. The number of phenolic OH excluding ortho intramolecular Hbond substituents is 1. The highest BCUT2D eigenvalue weighted by molar-refractivity contribution is 6.24. The number of aliphatic hydroxyl groups excluding tert-OH is 3. The molecule has 4 rings (SSSR count). The van der Waals surface area contributed by atoms with Gasteiger partial charge in [0.25, 0.3) is 5.91 Å². The fourth-order valence-corrected chi connectivity index (χ4v) is 5.73. The number of aliphatic hydroxyl groups is 4. The first-order valence-corrected chi connectivity index (χ1v) is 10.2. The predicted molar refractivity (Wildman–Crippen MR) is 115 cm³/mol. The minimum absolute atomic E-state index is 0.133. The quantitative estimate of drug-likeness (QED) is 0.164. The SMILES string of the molecule is CC1c2c(N)ccc(O)c2C(O)=C2C(=O)C3(O)C(O)=C(C(N)=O)C(=O)C(N(C)C)C3C(O)C21. The number of Topliss-reactive ketones (excluding diaryl/α,β-unsaturated/α-hetero) is 2. The van der Waals surface area contributed by atoms with E-state index < -0.39 is 75.6 Å². The summed E-state index contributed by atoms with van der Waals surface area (Å²) in [6.45, 7) is 1.62. The lowest BCUT2D eigenvalue weighted by atomic mass is 9.54. The number of likely N-dealkylation sites (N-methyl/N-ethyl adjacent to an activating group) is 1. The summed E-state index contributed by atoms with van der Waals surface area (Å²) in [4.78, 5) is 40.0. The van der Waals surface area contributed by atoms with E-state index in [9.17, 15) is 39.9 Å². The van der Waals surface area contributed by atoms with Crippen LogP contribution in [0, 0.1) is 11.8 Å². The van der Waals surface area contributed by atoms with Crippen molar-refractivity contribution < 1.29 is 39.9 Å². The zero-order valence-corrected chi connectivity index (χ0v) is 18.1. The molecular formula is C22H25N3O8. The number of carbonyl (C=O) groups excluding carboxylic acids is 3. The Morgan fingerprint density at radius 3 is 2.30 bits per heavy atom. The number of nitrogens with two attached hydrogens (primary N) is 2. The van der Waals surface area contributed by atoms with E-state index in [0.717, 1.165) is 0 Å². The number of hydrogen-bond acceptors (Lipinski definition) is 10. The monoisotopic (exact) mass is 459 g/mol. The van der Waals surface area contributed by atoms with Crippen LogP contribution in [0.4, 0.5) is 5.69 Å². The van der Waals surface area contributed by atoms with Crippen LogP contribution in [0.3, 0.4) is 0 Å². The topological polar surface area (TPSA) is 208 Å². The van der Waals surface area contributed by atoms with E-state index in [-0.39, 0.29) is 17.0 Å². The smallest absolute Gasteiger partial charge is 0.255 e. The summed E-state index contributed by atoms with van der Waals surface area (Å²) in [5.74, 6) is -9.37. The second kappa shape index (κ2) is 7.04. The van der Waals surface area contributed by atoms with Crippen LogP contribution in [0.15, 0.2) is 29.0 Å². The Bertz CT molecular complexity index is 1190. The van der Waals surface area contributed by atoms with Crippen LogP contribution in [0.2, 0.25) is 0 Å². The predicted octanol–water partition coefficient (Wildman–Crippen LogP) is -0.922. The van der Waals surface area contributed by atoms with Crippen molar-refractivity contribution in [2.24, 2.45) is 17.6 Å². The third kappa shape index (κ3) is 2.63. The minimum Gasteiger partial charge on any atom is -0.508 e. The number of carbonyl (C=O) groups is 3. The van der Waals surface area contributed by atoms with Gasteiger partial charge in [-0.1, -0.05) is 6.92 Å². The van der Waals surface area contributed by atoms with Crippen molar-refractivity contribution in [2.75, 3.05) is 19.8 Å². The Morgan fingerprint density at radius 1 is 1.15 bits per heavy atom. The molecule has 1 amide bonds. The van der Waals surface area contributed by atoms with E-state index in [1.807, 2.05) is 0 Å². The average molecular weight is 459 g/mol. The van der Waals surface area contributed by atoms with E-state index in [2.05, 4.69) is 0 Å². The number of nitrogens with zero attached hydrogens (tertiary/aromatic N) is 1. The molecule has 0 heterocycles. The molecule has 0 spiro atoms. The van der Waals surface area contributed by atoms with E-state index in [4.69, 9.17) is 11.5 Å². The van der Waals surface area contributed by atoms with Crippen molar-refractivity contribution in [3.05, 3.63) is 40.2 Å². The summed E-state index contributed by atoms with van der Waals surface area (Å²) in [6.07, 6.45) is -1.65. The van der Waals surface area contributed by atoms with Gasteiger partial charge < -0.3 is 37.0 Å². The van der Waals surface area contributed by atoms with Gasteiger partial charge in [0.1, 0.15) is 22.8 Å². The first-order chi connectivity index (χ1) is 15.3. The van der Waals surface area contributed by atoms with E-state index in [1.54, 1.807) is 6.92 Å². The zero-order chi connectivity index (χ0) is 24.7. The van der Waals surface area contributed by atoms with Crippen LogP contribution < -0.4 is 11.5 Å². The summed E-state index contributed by atoms with van der Waals surface area (Å²) in [5, 5.41) is 55.1. The van der Waals surface area contributed by atoms with Crippen molar-refractivity contribution >= 4 is 28.9 Å². The second-order valence-electron chi connectivity index (χ2n) is 9.01. The molecule has 0 bridgehead atoms. The lowest BCUT2D eigenvalue weighted by Crippen LogP contribution is -2.70. The lowest BCUT2D eigenvalue weighted by Gasteiger charge is -2.53. The van der Waals surface area contributed by atoms with E-state index in [1.165, 1.54) is 31.1 Å². The van der Waals surface area contributed by atoms with Crippen molar-refractivity contribution in [2.45, 2.75) is 30.6 Å². The largest absolute Gasteiger partial charge is 0.508 e. The number of nitrogen functional groups attached to an aromatic ring is 1. The maximum absolute atomic E-state index is 13.7. The van der Waals surface area contributed by atoms with Gasteiger partial charge in [-0.3, -0.25) is 19.3 Å². The first-order valence-electron chi connectivity index (χ1n) is 10.2. The van der Waals surface area contributed by atoms with Crippen molar-refractivity contribution in [3.63, 3.8) is 0 Å². The van der Waals surface area contributed by atoms with Crippen LogP contribution in [0.1, 0.15) is 24.0 Å². The molecule has 9 N–H and O–H groups in total. The number of hydrogen-bond donors (Lipinski definition) is 7. The lowest BCUT2D eigenvalue weighted by molar-refractivity contribution is -0.169. The highest BCUT2D eigenvalue weighted by Gasteiger charge is 2.68. The third-order valence-corrected chi connectivity index (χ3v) is 7.14. The molecule has 1 fully saturated rings. The molecule has 33 heavy (non-hydrogen) atoms. The first kappa shape index (κ1) is 22.8. The minimum atomic E-state index is -2.93. The van der Waals surface area contributed by atoms with Gasteiger partial charge in [-0.2, -0.15) is 0 Å².